The third kappa shape index (κ3) is 68.3. The fraction of sp³-hybridized carbons (Fsp3) is 0.880. The topological polar surface area (TPSA) is 78.9 Å². The van der Waals surface area contributed by atoms with Crippen molar-refractivity contribution in [3.8, 4) is 0 Å². The van der Waals surface area contributed by atoms with Gasteiger partial charge in [-0.1, -0.05) is 365 Å². The molecular formula is C75H140O6. The van der Waals surface area contributed by atoms with E-state index in [2.05, 4.69) is 57.2 Å². The maximum absolute atomic E-state index is 12.9. The summed E-state index contributed by atoms with van der Waals surface area (Å²) in [5, 5.41) is 0. The van der Waals surface area contributed by atoms with Crippen LogP contribution in [0.5, 0.6) is 0 Å². The maximum Gasteiger partial charge on any atom is 0.306 e. The van der Waals surface area contributed by atoms with Crippen LogP contribution < -0.4 is 0 Å². The maximum atomic E-state index is 12.9. The lowest BCUT2D eigenvalue weighted by Crippen LogP contribution is -2.30. The highest BCUT2D eigenvalue weighted by Crippen LogP contribution is 2.19. The Labute approximate surface area is 506 Å². The highest BCUT2D eigenvalue weighted by molar-refractivity contribution is 5.71. The summed E-state index contributed by atoms with van der Waals surface area (Å²) in [6, 6.07) is 0. The normalized spacial score (nSPS) is 12.2. The molecular weight excluding hydrogens is 997 g/mol. The quantitative estimate of drug-likeness (QED) is 0.0261. The van der Waals surface area contributed by atoms with Gasteiger partial charge in [0.25, 0.3) is 0 Å². The first-order chi connectivity index (χ1) is 40.0. The minimum Gasteiger partial charge on any atom is -0.462 e. The first-order valence-electron chi connectivity index (χ1n) is 36.5. The molecule has 6 nitrogen and oxygen atoms in total. The molecule has 1 unspecified atom stereocenters. The summed E-state index contributed by atoms with van der Waals surface area (Å²) >= 11 is 0. The number of esters is 3. The number of allylic oxidation sites excluding steroid dienone is 6. The standard InChI is InChI=1S/C75H140O6/c1-4-7-10-13-16-19-21-23-25-27-29-31-32-33-34-35-36-37-38-39-40-41-42-43-45-46-48-50-52-54-56-59-62-65-68-74(77)80-71-72(70-79-73(76)67-64-61-58-18-15-12-9-6-3)81-75(78)69-66-63-60-57-55-53-51-49-47-44-30-28-26-24-22-20-17-14-11-8-5-2/h22,24,28,30,47,49,72H,4-21,23,25-27,29,31-46,48,50-71H2,1-3H3/b24-22-,30-28-,49-47-. The SMILES string of the molecule is CCCCCCC/C=C\C/C=C\C/C=C\CCCCCCCCC(=O)OC(COC(=O)CCCCCCCCCC)COC(=O)CCCCCCCCCCCCCCCCCCCCCCCCCCCCCCCCCCCC. The largest absolute Gasteiger partial charge is 0.462 e. The molecule has 0 amide bonds. The number of carbonyl (C=O) groups is 3. The average molecular weight is 1140 g/mol. The van der Waals surface area contributed by atoms with E-state index in [9.17, 15) is 14.4 Å². The van der Waals surface area contributed by atoms with E-state index >= 15 is 0 Å². The average Bonchev–Trinajstić information content (AvgIpc) is 3.47. The fourth-order valence-electron chi connectivity index (χ4n) is 11.2. The van der Waals surface area contributed by atoms with E-state index < -0.39 is 6.10 Å². The second-order valence-corrected chi connectivity index (χ2v) is 24.9. The van der Waals surface area contributed by atoms with Crippen LogP contribution in [-0.2, 0) is 28.6 Å². The van der Waals surface area contributed by atoms with Crippen LogP contribution in [0.4, 0.5) is 0 Å². The molecule has 0 aromatic rings. The van der Waals surface area contributed by atoms with Gasteiger partial charge in [-0.15, -0.1) is 0 Å². The summed E-state index contributed by atoms with van der Waals surface area (Å²) in [7, 11) is 0. The molecule has 476 valence electrons. The zero-order chi connectivity index (χ0) is 58.5. The Morgan fingerprint density at radius 1 is 0.247 bits per heavy atom. The zero-order valence-electron chi connectivity index (χ0n) is 54.8. The monoisotopic (exact) mass is 1140 g/mol. The highest BCUT2D eigenvalue weighted by Gasteiger charge is 2.19. The summed E-state index contributed by atoms with van der Waals surface area (Å²) in [5.74, 6) is -0.865. The van der Waals surface area contributed by atoms with Gasteiger partial charge in [0, 0.05) is 19.3 Å². The summed E-state index contributed by atoms with van der Waals surface area (Å²) in [6.45, 7) is 6.65. The molecule has 0 rings (SSSR count). The molecule has 0 saturated heterocycles. The number of unbranched alkanes of at least 4 members (excludes halogenated alkanes) is 51. The molecule has 0 aliphatic carbocycles. The van der Waals surface area contributed by atoms with Gasteiger partial charge in [-0.05, 0) is 57.8 Å². The molecule has 0 aromatic heterocycles. The lowest BCUT2D eigenvalue weighted by molar-refractivity contribution is -0.167. The Hall–Kier alpha value is -2.37. The summed E-state index contributed by atoms with van der Waals surface area (Å²) in [6.07, 6.45) is 87.9. The van der Waals surface area contributed by atoms with Gasteiger partial charge in [-0.25, -0.2) is 0 Å². The van der Waals surface area contributed by atoms with Gasteiger partial charge < -0.3 is 14.2 Å². The molecule has 0 saturated carbocycles. The Morgan fingerprint density at radius 2 is 0.444 bits per heavy atom. The minimum atomic E-state index is -0.776. The first kappa shape index (κ1) is 78.6. The van der Waals surface area contributed by atoms with Crippen LogP contribution in [0.15, 0.2) is 36.5 Å². The second kappa shape index (κ2) is 70.1. The van der Waals surface area contributed by atoms with Gasteiger partial charge in [0.15, 0.2) is 6.10 Å². The molecule has 0 bridgehead atoms. The van der Waals surface area contributed by atoms with E-state index in [4.69, 9.17) is 14.2 Å². The van der Waals surface area contributed by atoms with Gasteiger partial charge in [0.05, 0.1) is 0 Å². The van der Waals surface area contributed by atoms with Gasteiger partial charge in [-0.2, -0.15) is 0 Å². The second-order valence-electron chi connectivity index (χ2n) is 24.9. The van der Waals surface area contributed by atoms with Crippen molar-refractivity contribution in [1.82, 2.24) is 0 Å². The summed E-state index contributed by atoms with van der Waals surface area (Å²) < 4.78 is 16.9. The zero-order valence-corrected chi connectivity index (χ0v) is 54.8. The molecule has 0 aliphatic heterocycles. The molecule has 0 fully saturated rings. The van der Waals surface area contributed by atoms with E-state index in [1.807, 2.05) is 0 Å². The van der Waals surface area contributed by atoms with Crippen molar-refractivity contribution in [1.29, 1.82) is 0 Å². The Kier molecular flexibility index (Phi) is 68.1. The van der Waals surface area contributed by atoms with Crippen molar-refractivity contribution in [2.45, 2.75) is 412 Å². The van der Waals surface area contributed by atoms with Crippen LogP contribution in [0.3, 0.4) is 0 Å². The molecule has 81 heavy (non-hydrogen) atoms. The first-order valence-corrected chi connectivity index (χ1v) is 36.5. The molecule has 6 heteroatoms. The third-order valence-corrected chi connectivity index (χ3v) is 16.6. The van der Waals surface area contributed by atoms with Crippen LogP contribution in [0.2, 0.25) is 0 Å². The number of rotatable bonds is 68. The highest BCUT2D eigenvalue weighted by atomic mass is 16.6. The lowest BCUT2D eigenvalue weighted by atomic mass is 10.0. The van der Waals surface area contributed by atoms with Crippen molar-refractivity contribution >= 4 is 17.9 Å². The predicted molar refractivity (Wildman–Crippen MR) is 353 cm³/mol. The fourth-order valence-corrected chi connectivity index (χ4v) is 11.2. The van der Waals surface area contributed by atoms with Crippen molar-refractivity contribution in [2.24, 2.45) is 0 Å². The molecule has 0 N–H and O–H groups in total. The van der Waals surface area contributed by atoms with Crippen molar-refractivity contribution < 1.29 is 28.6 Å². The third-order valence-electron chi connectivity index (χ3n) is 16.6. The summed E-state index contributed by atoms with van der Waals surface area (Å²) in [4.78, 5) is 38.2. The Balaban J connectivity index is 4.00. The van der Waals surface area contributed by atoms with Gasteiger partial charge >= 0.3 is 17.9 Å². The predicted octanol–water partition coefficient (Wildman–Crippen LogP) is 25.1. The number of carbonyl (C=O) groups excluding carboxylic acids is 3. The molecule has 0 aromatic carbocycles. The molecule has 0 aliphatic rings. The van der Waals surface area contributed by atoms with Crippen LogP contribution in [0, 0.1) is 0 Å². The van der Waals surface area contributed by atoms with Gasteiger partial charge in [-0.3, -0.25) is 14.4 Å². The van der Waals surface area contributed by atoms with E-state index in [1.165, 1.54) is 289 Å². The van der Waals surface area contributed by atoms with Crippen molar-refractivity contribution in [2.75, 3.05) is 13.2 Å². The molecule has 0 radical (unpaired) electrons. The van der Waals surface area contributed by atoms with E-state index in [1.54, 1.807) is 0 Å². The van der Waals surface area contributed by atoms with Crippen LogP contribution in [-0.4, -0.2) is 37.2 Å². The van der Waals surface area contributed by atoms with Crippen molar-refractivity contribution in [3.05, 3.63) is 36.5 Å². The van der Waals surface area contributed by atoms with Crippen LogP contribution >= 0.6 is 0 Å². The molecule has 1 atom stereocenters. The summed E-state index contributed by atoms with van der Waals surface area (Å²) in [5.41, 5.74) is 0. The van der Waals surface area contributed by atoms with Gasteiger partial charge in [0.1, 0.15) is 13.2 Å². The smallest absolute Gasteiger partial charge is 0.306 e. The van der Waals surface area contributed by atoms with Crippen LogP contribution in [0.1, 0.15) is 406 Å². The van der Waals surface area contributed by atoms with Gasteiger partial charge in [0.2, 0.25) is 0 Å². The number of ether oxygens (including phenoxy) is 3. The van der Waals surface area contributed by atoms with Crippen LogP contribution in [0.25, 0.3) is 0 Å². The van der Waals surface area contributed by atoms with E-state index in [-0.39, 0.29) is 31.1 Å². The van der Waals surface area contributed by atoms with E-state index in [0.717, 1.165) is 77.0 Å². The minimum absolute atomic E-state index is 0.0727. The molecule has 0 spiro atoms. The Morgan fingerprint density at radius 3 is 0.691 bits per heavy atom. The van der Waals surface area contributed by atoms with Crippen molar-refractivity contribution in [3.63, 3.8) is 0 Å². The molecule has 0 heterocycles. The van der Waals surface area contributed by atoms with E-state index in [0.29, 0.717) is 19.3 Å². The lowest BCUT2D eigenvalue weighted by Gasteiger charge is -2.18. The number of hydrogen-bond donors (Lipinski definition) is 0. The Bertz CT molecular complexity index is 1350. The number of hydrogen-bond acceptors (Lipinski definition) is 6.